The minimum atomic E-state index is -3.31. The van der Waals surface area contributed by atoms with Crippen molar-refractivity contribution in [3.05, 3.63) is 35.4 Å². The molecule has 0 radical (unpaired) electrons. The van der Waals surface area contributed by atoms with Crippen LogP contribution in [0.5, 0.6) is 0 Å². The second-order valence-electron chi connectivity index (χ2n) is 4.88. The predicted molar refractivity (Wildman–Crippen MR) is 80.4 cm³/mol. The van der Waals surface area contributed by atoms with Gasteiger partial charge in [-0.2, -0.15) is 0 Å². The van der Waals surface area contributed by atoms with Crippen molar-refractivity contribution < 1.29 is 8.42 Å². The lowest BCUT2D eigenvalue weighted by Gasteiger charge is -2.33. The van der Waals surface area contributed by atoms with Gasteiger partial charge in [-0.25, -0.2) is 12.7 Å². The van der Waals surface area contributed by atoms with Crippen molar-refractivity contribution in [3.63, 3.8) is 0 Å². The van der Waals surface area contributed by atoms with Gasteiger partial charge in [0.25, 0.3) is 0 Å². The average Bonchev–Trinajstić information content (AvgIpc) is 2.26. The van der Waals surface area contributed by atoms with Gasteiger partial charge >= 0.3 is 0 Å². The van der Waals surface area contributed by atoms with Crippen molar-refractivity contribution in [2.24, 2.45) is 5.73 Å². The molecule has 6 heteroatoms. The molecule has 1 aromatic rings. The number of nitrogens with two attached hydrogens (primary N) is 1. The number of thiocarbonyl (C=S) groups is 1. The molecule has 0 aromatic heterocycles. The lowest BCUT2D eigenvalue weighted by Crippen LogP contribution is -2.41. The maximum absolute atomic E-state index is 12.4. The first kappa shape index (κ1) is 14.4. The molecule has 1 fully saturated rings. The van der Waals surface area contributed by atoms with E-state index in [2.05, 4.69) is 0 Å². The molecule has 1 aliphatic rings. The quantitative estimate of drug-likeness (QED) is 0.839. The molecule has 0 atom stereocenters. The SMILES string of the molecule is CN(C1CCC1)S(=O)(=O)Cc1ccccc1C(N)=S. The average molecular weight is 298 g/mol. The van der Waals surface area contributed by atoms with Gasteiger partial charge in [-0.05, 0) is 18.4 Å². The summed E-state index contributed by atoms with van der Waals surface area (Å²) in [5.74, 6) is -0.0481. The maximum Gasteiger partial charge on any atom is 0.218 e. The second-order valence-corrected chi connectivity index (χ2v) is 7.35. The van der Waals surface area contributed by atoms with Gasteiger partial charge in [0.15, 0.2) is 0 Å². The lowest BCUT2D eigenvalue weighted by molar-refractivity contribution is 0.249. The number of hydrogen-bond donors (Lipinski definition) is 1. The number of rotatable bonds is 5. The van der Waals surface area contributed by atoms with E-state index in [4.69, 9.17) is 18.0 Å². The van der Waals surface area contributed by atoms with Crippen LogP contribution in [0.3, 0.4) is 0 Å². The van der Waals surface area contributed by atoms with E-state index in [1.54, 1.807) is 31.3 Å². The van der Waals surface area contributed by atoms with Gasteiger partial charge < -0.3 is 5.73 Å². The molecule has 2 N–H and O–H groups in total. The Morgan fingerprint density at radius 3 is 2.58 bits per heavy atom. The zero-order valence-corrected chi connectivity index (χ0v) is 12.5. The molecule has 19 heavy (non-hydrogen) atoms. The summed E-state index contributed by atoms with van der Waals surface area (Å²) in [6.45, 7) is 0. The zero-order valence-electron chi connectivity index (χ0n) is 10.9. The summed E-state index contributed by atoms with van der Waals surface area (Å²) < 4.78 is 26.2. The maximum atomic E-state index is 12.4. The van der Waals surface area contributed by atoms with Crippen LogP contribution in [0.1, 0.15) is 30.4 Å². The van der Waals surface area contributed by atoms with Crippen LogP contribution in [0, 0.1) is 0 Å². The van der Waals surface area contributed by atoms with Crippen LogP contribution in [0.25, 0.3) is 0 Å². The molecule has 0 unspecified atom stereocenters. The standard InChI is InChI=1S/C13H18N2O2S2/c1-15(11-6-4-7-11)19(16,17)9-10-5-2-3-8-12(10)13(14)18/h2-3,5,8,11H,4,6-7,9H2,1H3,(H2,14,18). The van der Waals surface area contributed by atoms with Gasteiger partial charge in [-0.15, -0.1) is 0 Å². The van der Waals surface area contributed by atoms with Crippen LogP contribution in [0.15, 0.2) is 24.3 Å². The van der Waals surface area contributed by atoms with Gasteiger partial charge in [0.2, 0.25) is 10.0 Å². The van der Waals surface area contributed by atoms with Crippen molar-refractivity contribution in [2.45, 2.75) is 31.1 Å². The molecule has 4 nitrogen and oxygen atoms in total. The van der Waals surface area contributed by atoms with E-state index in [0.29, 0.717) is 11.1 Å². The predicted octanol–water partition coefficient (Wildman–Crippen LogP) is 1.63. The zero-order chi connectivity index (χ0) is 14.0. The smallest absolute Gasteiger partial charge is 0.218 e. The van der Waals surface area contributed by atoms with Crippen molar-refractivity contribution in [1.29, 1.82) is 0 Å². The summed E-state index contributed by atoms with van der Waals surface area (Å²) in [5.41, 5.74) is 6.94. The van der Waals surface area contributed by atoms with E-state index in [1.165, 1.54) is 4.31 Å². The molecule has 104 valence electrons. The summed E-state index contributed by atoms with van der Waals surface area (Å²) in [6, 6.07) is 7.29. The Bertz CT molecular complexity index is 580. The summed E-state index contributed by atoms with van der Waals surface area (Å²) in [5, 5.41) is 0. The van der Waals surface area contributed by atoms with Crippen LogP contribution in [-0.2, 0) is 15.8 Å². The molecule has 0 bridgehead atoms. The highest BCUT2D eigenvalue weighted by atomic mass is 32.2. The third-order valence-electron chi connectivity index (χ3n) is 3.65. The molecular weight excluding hydrogens is 280 g/mol. The summed E-state index contributed by atoms with van der Waals surface area (Å²) in [6.07, 6.45) is 3.01. The Morgan fingerprint density at radius 1 is 1.42 bits per heavy atom. The molecule has 1 aromatic carbocycles. The summed E-state index contributed by atoms with van der Waals surface area (Å²) >= 11 is 4.96. The highest BCUT2D eigenvalue weighted by Crippen LogP contribution is 2.27. The molecule has 0 spiro atoms. The molecule has 1 aliphatic carbocycles. The van der Waals surface area contributed by atoms with Gasteiger partial charge in [0, 0.05) is 18.7 Å². The Balaban J connectivity index is 2.22. The molecule has 0 heterocycles. The third kappa shape index (κ3) is 3.13. The first-order valence-electron chi connectivity index (χ1n) is 6.25. The monoisotopic (exact) mass is 298 g/mol. The minimum Gasteiger partial charge on any atom is -0.389 e. The third-order valence-corrected chi connectivity index (χ3v) is 5.72. The summed E-state index contributed by atoms with van der Waals surface area (Å²) in [7, 11) is -1.66. The molecule has 0 aliphatic heterocycles. The van der Waals surface area contributed by atoms with Crippen LogP contribution in [0.2, 0.25) is 0 Å². The van der Waals surface area contributed by atoms with E-state index in [1.807, 2.05) is 0 Å². The van der Waals surface area contributed by atoms with E-state index in [-0.39, 0.29) is 16.8 Å². The van der Waals surface area contributed by atoms with Crippen molar-refractivity contribution in [1.82, 2.24) is 4.31 Å². The number of nitrogens with zero attached hydrogens (tertiary/aromatic N) is 1. The van der Waals surface area contributed by atoms with Gasteiger partial charge in [0.1, 0.15) is 4.99 Å². The van der Waals surface area contributed by atoms with Crippen LogP contribution in [-0.4, -0.2) is 30.8 Å². The minimum absolute atomic E-state index is 0.0481. The van der Waals surface area contributed by atoms with Crippen LogP contribution < -0.4 is 5.73 Å². The Labute approximate surface area is 119 Å². The van der Waals surface area contributed by atoms with Crippen LogP contribution >= 0.6 is 12.2 Å². The van der Waals surface area contributed by atoms with Gasteiger partial charge in [-0.3, -0.25) is 0 Å². The van der Waals surface area contributed by atoms with Crippen molar-refractivity contribution in [2.75, 3.05) is 7.05 Å². The first-order valence-corrected chi connectivity index (χ1v) is 8.27. The van der Waals surface area contributed by atoms with E-state index in [9.17, 15) is 8.42 Å². The van der Waals surface area contributed by atoms with E-state index in [0.717, 1.165) is 19.3 Å². The van der Waals surface area contributed by atoms with Crippen molar-refractivity contribution in [3.8, 4) is 0 Å². The topological polar surface area (TPSA) is 63.4 Å². The fourth-order valence-corrected chi connectivity index (χ4v) is 3.87. The molecule has 0 saturated heterocycles. The molecule has 0 amide bonds. The Hall–Kier alpha value is -0.980. The largest absolute Gasteiger partial charge is 0.389 e. The molecule has 2 rings (SSSR count). The molecule has 1 saturated carbocycles. The highest BCUT2D eigenvalue weighted by Gasteiger charge is 2.31. The van der Waals surface area contributed by atoms with Gasteiger partial charge in [0.05, 0.1) is 5.75 Å². The normalized spacial score (nSPS) is 16.3. The highest BCUT2D eigenvalue weighted by molar-refractivity contribution is 7.88. The van der Waals surface area contributed by atoms with Crippen molar-refractivity contribution >= 4 is 27.2 Å². The number of hydrogen-bond acceptors (Lipinski definition) is 3. The molecular formula is C13H18N2O2S2. The van der Waals surface area contributed by atoms with Crippen LogP contribution in [0.4, 0.5) is 0 Å². The lowest BCUT2D eigenvalue weighted by atomic mass is 9.94. The van der Waals surface area contributed by atoms with E-state index >= 15 is 0 Å². The fourth-order valence-electron chi connectivity index (χ4n) is 2.16. The fraction of sp³-hybridized carbons (Fsp3) is 0.462. The number of sulfonamides is 1. The first-order chi connectivity index (χ1) is 8.92. The Kier molecular flexibility index (Phi) is 4.23. The number of benzene rings is 1. The summed E-state index contributed by atoms with van der Waals surface area (Å²) in [4.78, 5) is 0.233. The Morgan fingerprint density at radius 2 is 2.05 bits per heavy atom. The van der Waals surface area contributed by atoms with E-state index < -0.39 is 10.0 Å². The van der Waals surface area contributed by atoms with Gasteiger partial charge in [-0.1, -0.05) is 42.9 Å². The second kappa shape index (κ2) is 5.56.